The van der Waals surface area contributed by atoms with Crippen LogP contribution in [0.25, 0.3) is 55.0 Å². The van der Waals surface area contributed by atoms with Crippen LogP contribution in [0.2, 0.25) is 0 Å². The van der Waals surface area contributed by atoms with Gasteiger partial charge in [0.1, 0.15) is 11.3 Å². The predicted octanol–water partition coefficient (Wildman–Crippen LogP) is 15.0. The molecule has 0 unspecified atom stereocenters. The molecule has 0 radical (unpaired) electrons. The highest BCUT2D eigenvalue weighted by molar-refractivity contribution is 6.22. The van der Waals surface area contributed by atoms with Crippen LogP contribution in [0.5, 0.6) is 0 Å². The lowest BCUT2D eigenvalue weighted by atomic mass is 9.99. The molecular weight excluding hydrogens is 669 g/mol. The molecule has 10 rings (SSSR count). The van der Waals surface area contributed by atoms with E-state index in [0.29, 0.717) is 0 Å². The Labute approximate surface area is 320 Å². The van der Waals surface area contributed by atoms with Crippen molar-refractivity contribution in [1.82, 2.24) is 0 Å². The minimum atomic E-state index is 0.815. The van der Waals surface area contributed by atoms with E-state index in [0.717, 1.165) is 72.8 Å². The van der Waals surface area contributed by atoms with Gasteiger partial charge in [-0.3, -0.25) is 0 Å². The van der Waals surface area contributed by atoms with Crippen molar-refractivity contribution in [2.24, 2.45) is 0 Å². The number of hydrogen-bond acceptors (Lipinski definition) is 3. The quantitative estimate of drug-likeness (QED) is 0.157. The van der Waals surface area contributed by atoms with Crippen LogP contribution in [0, 0.1) is 0 Å². The van der Waals surface area contributed by atoms with Crippen LogP contribution in [0.3, 0.4) is 0 Å². The van der Waals surface area contributed by atoms with Crippen LogP contribution < -0.4 is 9.80 Å². The Hall–Kier alpha value is -7.36. The number of furan rings is 1. The zero-order valence-electron chi connectivity index (χ0n) is 30.1. The largest absolute Gasteiger partial charge is 0.454 e. The maximum absolute atomic E-state index is 7.15. The van der Waals surface area contributed by atoms with Gasteiger partial charge in [0.05, 0.1) is 11.4 Å². The van der Waals surface area contributed by atoms with Crippen molar-refractivity contribution in [2.45, 2.75) is 0 Å². The van der Waals surface area contributed by atoms with Gasteiger partial charge in [0.25, 0.3) is 0 Å². The van der Waals surface area contributed by atoms with Crippen molar-refractivity contribution >= 4 is 66.8 Å². The molecule has 0 bridgehead atoms. The Morgan fingerprint density at radius 2 is 0.927 bits per heavy atom. The SMILES string of the molecule is c1ccc(-c2cccc(N(c3ccccc3)c3ccc4c(oc5ccc6ccccc6c54)c3N(c3ccccc3)c3ccccc3-c3ccccc3)c2)cc1. The smallest absolute Gasteiger partial charge is 0.161 e. The Balaban J connectivity index is 1.34. The number of para-hydroxylation sites is 3. The van der Waals surface area contributed by atoms with Crippen molar-refractivity contribution in [3.63, 3.8) is 0 Å². The second kappa shape index (κ2) is 13.9. The molecule has 0 N–H and O–H groups in total. The molecule has 9 aromatic carbocycles. The second-order valence-electron chi connectivity index (χ2n) is 13.7. The summed E-state index contributed by atoms with van der Waals surface area (Å²) in [7, 11) is 0. The number of hydrogen-bond donors (Lipinski definition) is 0. The lowest BCUT2D eigenvalue weighted by Crippen LogP contribution is -2.17. The van der Waals surface area contributed by atoms with Gasteiger partial charge in [-0.2, -0.15) is 0 Å². The molecule has 0 saturated heterocycles. The van der Waals surface area contributed by atoms with Crippen molar-refractivity contribution in [3.8, 4) is 22.3 Å². The first-order chi connectivity index (χ1) is 27.3. The first-order valence-corrected chi connectivity index (χ1v) is 18.7. The van der Waals surface area contributed by atoms with E-state index in [1.54, 1.807) is 0 Å². The fourth-order valence-electron chi connectivity index (χ4n) is 7.94. The Bertz CT molecular complexity index is 2920. The monoisotopic (exact) mass is 704 g/mol. The topological polar surface area (TPSA) is 19.6 Å². The van der Waals surface area contributed by atoms with Gasteiger partial charge in [0.15, 0.2) is 5.58 Å². The zero-order valence-corrected chi connectivity index (χ0v) is 30.1. The first-order valence-electron chi connectivity index (χ1n) is 18.7. The summed E-state index contributed by atoms with van der Waals surface area (Å²) in [6, 6.07) is 77.4. The molecule has 10 aromatic rings. The number of anilines is 6. The average molecular weight is 705 g/mol. The summed E-state index contributed by atoms with van der Waals surface area (Å²) in [5.41, 5.74) is 12.3. The van der Waals surface area contributed by atoms with Crippen molar-refractivity contribution in [1.29, 1.82) is 0 Å². The summed E-state index contributed by atoms with van der Waals surface area (Å²) in [6.07, 6.45) is 0. The molecule has 0 aliphatic rings. The first kappa shape index (κ1) is 32.3. The van der Waals surface area contributed by atoms with Crippen LogP contribution in [-0.2, 0) is 0 Å². The van der Waals surface area contributed by atoms with Crippen LogP contribution in [0.4, 0.5) is 34.1 Å². The van der Waals surface area contributed by atoms with E-state index < -0.39 is 0 Å². The minimum Gasteiger partial charge on any atom is -0.454 e. The zero-order chi connectivity index (χ0) is 36.6. The van der Waals surface area contributed by atoms with Crippen LogP contribution in [0.1, 0.15) is 0 Å². The maximum Gasteiger partial charge on any atom is 0.161 e. The Morgan fingerprint density at radius 1 is 0.345 bits per heavy atom. The van der Waals surface area contributed by atoms with E-state index in [9.17, 15) is 0 Å². The highest BCUT2D eigenvalue weighted by Gasteiger charge is 2.29. The van der Waals surface area contributed by atoms with Crippen molar-refractivity contribution < 1.29 is 4.42 Å². The van der Waals surface area contributed by atoms with E-state index in [1.165, 1.54) is 16.3 Å². The summed E-state index contributed by atoms with van der Waals surface area (Å²) in [5, 5.41) is 4.53. The molecule has 0 fully saturated rings. The van der Waals surface area contributed by atoms with Gasteiger partial charge in [0.2, 0.25) is 0 Å². The normalized spacial score (nSPS) is 11.3. The van der Waals surface area contributed by atoms with Gasteiger partial charge in [-0.1, -0.05) is 158 Å². The summed E-state index contributed by atoms with van der Waals surface area (Å²) >= 11 is 0. The fourth-order valence-corrected chi connectivity index (χ4v) is 7.94. The molecule has 0 aliphatic carbocycles. The van der Waals surface area contributed by atoms with E-state index in [4.69, 9.17) is 4.42 Å². The average Bonchev–Trinajstić information content (AvgIpc) is 3.66. The third kappa shape index (κ3) is 5.80. The summed E-state index contributed by atoms with van der Waals surface area (Å²) in [4.78, 5) is 4.76. The standard InChI is InChI=1S/C52H36N2O/c1-5-18-37(19-6-1)40-23-17-28-43(36-40)53(41-24-9-3-10-25-41)48-34-33-46-50-45-30-14-13-22-39(45)32-35-49(50)55-52(46)51(48)54(42-26-11-4-12-27-42)47-31-16-15-29-44(47)38-20-7-2-8-21-38/h1-36H. The highest BCUT2D eigenvalue weighted by atomic mass is 16.3. The number of benzene rings is 9. The van der Waals surface area contributed by atoms with E-state index in [1.807, 2.05) is 0 Å². The highest BCUT2D eigenvalue weighted by Crippen LogP contribution is 2.53. The molecule has 55 heavy (non-hydrogen) atoms. The third-order valence-electron chi connectivity index (χ3n) is 10.4. The van der Waals surface area contributed by atoms with Crippen molar-refractivity contribution in [2.75, 3.05) is 9.80 Å². The second-order valence-corrected chi connectivity index (χ2v) is 13.7. The van der Waals surface area contributed by atoms with Gasteiger partial charge in [-0.25, -0.2) is 0 Å². The van der Waals surface area contributed by atoms with Gasteiger partial charge in [0, 0.05) is 33.4 Å². The minimum absolute atomic E-state index is 0.815. The lowest BCUT2D eigenvalue weighted by Gasteiger charge is -2.34. The molecule has 1 heterocycles. The molecule has 260 valence electrons. The van der Waals surface area contributed by atoms with E-state index >= 15 is 0 Å². The summed E-state index contributed by atoms with van der Waals surface area (Å²) in [6.45, 7) is 0. The lowest BCUT2D eigenvalue weighted by molar-refractivity contribution is 0.669. The van der Waals surface area contributed by atoms with Crippen LogP contribution in [-0.4, -0.2) is 0 Å². The fraction of sp³-hybridized carbons (Fsp3) is 0. The van der Waals surface area contributed by atoms with Gasteiger partial charge in [-0.15, -0.1) is 0 Å². The number of fused-ring (bicyclic) bond motifs is 5. The maximum atomic E-state index is 7.15. The number of rotatable bonds is 8. The van der Waals surface area contributed by atoms with E-state index in [2.05, 4.69) is 228 Å². The molecule has 0 spiro atoms. The molecule has 0 amide bonds. The molecule has 3 heteroatoms. The van der Waals surface area contributed by atoms with Crippen LogP contribution >= 0.6 is 0 Å². The van der Waals surface area contributed by atoms with Crippen LogP contribution in [0.15, 0.2) is 223 Å². The molecule has 0 atom stereocenters. The van der Waals surface area contributed by atoms with Gasteiger partial charge in [-0.05, 0) is 88.1 Å². The molecule has 3 nitrogen and oxygen atoms in total. The molecule has 0 saturated carbocycles. The Kier molecular flexibility index (Phi) is 8.16. The molecular formula is C52H36N2O. The predicted molar refractivity (Wildman–Crippen MR) is 231 cm³/mol. The molecule has 1 aromatic heterocycles. The molecule has 0 aliphatic heterocycles. The third-order valence-corrected chi connectivity index (χ3v) is 10.4. The summed E-state index contributed by atoms with van der Waals surface area (Å²) in [5.74, 6) is 0. The van der Waals surface area contributed by atoms with Gasteiger partial charge < -0.3 is 14.2 Å². The van der Waals surface area contributed by atoms with Gasteiger partial charge >= 0.3 is 0 Å². The summed E-state index contributed by atoms with van der Waals surface area (Å²) < 4.78 is 7.15. The Morgan fingerprint density at radius 3 is 1.67 bits per heavy atom. The van der Waals surface area contributed by atoms with Crippen molar-refractivity contribution in [3.05, 3.63) is 218 Å². The number of nitrogens with zero attached hydrogens (tertiary/aromatic N) is 2. The van der Waals surface area contributed by atoms with E-state index in [-0.39, 0.29) is 0 Å².